The zero-order chi connectivity index (χ0) is 16.1. The summed E-state index contributed by atoms with van der Waals surface area (Å²) in [6, 6.07) is 22.3. The van der Waals surface area contributed by atoms with Crippen LogP contribution in [0.3, 0.4) is 0 Å². The number of anilines is 1. The van der Waals surface area contributed by atoms with E-state index in [1.807, 2.05) is 0 Å². The van der Waals surface area contributed by atoms with Crippen molar-refractivity contribution >= 4 is 32.4 Å². The van der Waals surface area contributed by atoms with Crippen molar-refractivity contribution in [2.24, 2.45) is 5.92 Å². The molecule has 0 saturated heterocycles. The van der Waals surface area contributed by atoms with Crippen LogP contribution in [-0.2, 0) is 0 Å². The summed E-state index contributed by atoms with van der Waals surface area (Å²) in [5.41, 5.74) is 4.08. The number of halogens is 1. The normalized spacial score (nSPS) is 24.5. The van der Waals surface area contributed by atoms with E-state index in [0.29, 0.717) is 17.9 Å². The molecule has 1 aliphatic heterocycles. The van der Waals surface area contributed by atoms with Gasteiger partial charge in [0.05, 0.1) is 11.7 Å². The van der Waals surface area contributed by atoms with Crippen molar-refractivity contribution in [1.29, 1.82) is 0 Å². The van der Waals surface area contributed by atoms with Gasteiger partial charge < -0.3 is 5.32 Å². The van der Waals surface area contributed by atoms with Crippen molar-refractivity contribution in [2.75, 3.05) is 5.32 Å². The van der Waals surface area contributed by atoms with Crippen LogP contribution in [0.25, 0.3) is 10.8 Å². The van der Waals surface area contributed by atoms with Crippen LogP contribution in [0.4, 0.5) is 5.69 Å². The zero-order valence-electron chi connectivity index (χ0n) is 13.2. The quantitative estimate of drug-likeness (QED) is 0.483. The zero-order valence-corrected chi connectivity index (χ0v) is 14.8. The van der Waals surface area contributed by atoms with Crippen molar-refractivity contribution in [3.63, 3.8) is 0 Å². The number of rotatable bonds is 1. The minimum absolute atomic E-state index is 0.335. The summed E-state index contributed by atoms with van der Waals surface area (Å²) in [6.07, 6.45) is 5.89. The van der Waals surface area contributed by atoms with Crippen LogP contribution in [0.1, 0.15) is 29.5 Å². The molecule has 2 aliphatic rings. The van der Waals surface area contributed by atoms with E-state index in [9.17, 15) is 0 Å². The van der Waals surface area contributed by atoms with Gasteiger partial charge in [-0.25, -0.2) is 0 Å². The van der Waals surface area contributed by atoms with E-state index < -0.39 is 0 Å². The lowest BCUT2D eigenvalue weighted by atomic mass is 9.76. The molecule has 1 aliphatic carbocycles. The van der Waals surface area contributed by atoms with Crippen molar-refractivity contribution in [2.45, 2.75) is 18.4 Å². The molecule has 3 aromatic rings. The number of hydrogen-bond donors (Lipinski definition) is 1. The van der Waals surface area contributed by atoms with Crippen LogP contribution in [0.5, 0.6) is 0 Å². The molecule has 118 valence electrons. The highest BCUT2D eigenvalue weighted by Crippen LogP contribution is 2.52. The van der Waals surface area contributed by atoms with Crippen molar-refractivity contribution in [3.05, 3.63) is 88.4 Å². The molecular formula is C22H18BrN. The van der Waals surface area contributed by atoms with Gasteiger partial charge in [0.25, 0.3) is 0 Å². The summed E-state index contributed by atoms with van der Waals surface area (Å²) in [5.74, 6) is 1.08. The van der Waals surface area contributed by atoms with Crippen LogP contribution in [0.2, 0.25) is 0 Å². The third-order valence-electron chi connectivity index (χ3n) is 5.50. The summed E-state index contributed by atoms with van der Waals surface area (Å²) in [6.45, 7) is 0. The first-order chi connectivity index (χ1) is 11.8. The van der Waals surface area contributed by atoms with Gasteiger partial charge in [-0.1, -0.05) is 66.7 Å². The van der Waals surface area contributed by atoms with Crippen LogP contribution in [-0.4, -0.2) is 0 Å². The number of hydrogen-bond acceptors (Lipinski definition) is 1. The molecule has 0 aromatic heterocycles. The average molecular weight is 376 g/mol. The van der Waals surface area contributed by atoms with Gasteiger partial charge in [-0.2, -0.15) is 0 Å². The molecule has 1 nitrogen and oxygen atoms in total. The molecule has 1 N–H and O–H groups in total. The van der Waals surface area contributed by atoms with E-state index in [1.54, 1.807) is 0 Å². The Morgan fingerprint density at radius 2 is 1.67 bits per heavy atom. The Balaban J connectivity index is 1.70. The Hall–Kier alpha value is -2.06. The summed E-state index contributed by atoms with van der Waals surface area (Å²) in [5, 5.41) is 6.53. The van der Waals surface area contributed by atoms with Gasteiger partial charge >= 0.3 is 0 Å². The standard InChI is InChI=1S/C22H18BrN/c23-20-13-5-12-19-16-9-4-11-18(16)21(24-22(19)20)17-10-3-7-14-6-1-2-8-15(14)17/h1-10,12-13,16,18,21,24H,11H2/t16-,18+,21-/m1/s1. The van der Waals surface area contributed by atoms with E-state index in [0.717, 1.165) is 10.9 Å². The van der Waals surface area contributed by atoms with E-state index in [-0.39, 0.29) is 0 Å². The molecule has 1 heterocycles. The lowest BCUT2D eigenvalue weighted by Crippen LogP contribution is -2.29. The first-order valence-electron chi connectivity index (χ1n) is 8.52. The molecule has 0 bridgehead atoms. The summed E-state index contributed by atoms with van der Waals surface area (Å²) in [7, 11) is 0. The summed E-state index contributed by atoms with van der Waals surface area (Å²) in [4.78, 5) is 0. The Morgan fingerprint density at radius 1 is 0.875 bits per heavy atom. The van der Waals surface area contributed by atoms with Crippen LogP contribution in [0.15, 0.2) is 77.3 Å². The van der Waals surface area contributed by atoms with Gasteiger partial charge in [-0.05, 0) is 56.2 Å². The molecule has 3 atom stereocenters. The van der Waals surface area contributed by atoms with Crippen molar-refractivity contribution in [3.8, 4) is 0 Å². The van der Waals surface area contributed by atoms with E-state index >= 15 is 0 Å². The minimum Gasteiger partial charge on any atom is -0.377 e. The van der Waals surface area contributed by atoms with E-state index in [1.165, 1.54) is 27.6 Å². The Morgan fingerprint density at radius 3 is 2.62 bits per heavy atom. The van der Waals surface area contributed by atoms with E-state index in [4.69, 9.17) is 0 Å². The molecule has 2 heteroatoms. The smallest absolute Gasteiger partial charge is 0.0560 e. The molecule has 0 unspecified atom stereocenters. The Kier molecular flexibility index (Phi) is 3.27. The fourth-order valence-electron chi connectivity index (χ4n) is 4.41. The molecule has 3 aromatic carbocycles. The highest BCUT2D eigenvalue weighted by molar-refractivity contribution is 9.10. The minimum atomic E-state index is 0.335. The maximum Gasteiger partial charge on any atom is 0.0560 e. The number of fused-ring (bicyclic) bond motifs is 4. The lowest BCUT2D eigenvalue weighted by Gasteiger charge is -2.38. The fraction of sp³-hybridized carbons (Fsp3) is 0.182. The average Bonchev–Trinajstić information content (AvgIpc) is 3.11. The van der Waals surface area contributed by atoms with Crippen LogP contribution >= 0.6 is 15.9 Å². The van der Waals surface area contributed by atoms with Crippen LogP contribution < -0.4 is 5.32 Å². The van der Waals surface area contributed by atoms with Gasteiger partial charge in [-0.15, -0.1) is 0 Å². The number of para-hydroxylation sites is 1. The predicted molar refractivity (Wildman–Crippen MR) is 104 cm³/mol. The first kappa shape index (κ1) is 14.3. The fourth-order valence-corrected chi connectivity index (χ4v) is 4.91. The maximum absolute atomic E-state index is 3.86. The third kappa shape index (κ3) is 2.06. The second-order valence-electron chi connectivity index (χ2n) is 6.75. The molecule has 5 rings (SSSR count). The number of allylic oxidation sites excluding steroid dienone is 2. The highest BCUT2D eigenvalue weighted by Gasteiger charge is 2.38. The van der Waals surface area contributed by atoms with Crippen molar-refractivity contribution < 1.29 is 0 Å². The monoisotopic (exact) mass is 375 g/mol. The maximum atomic E-state index is 3.86. The third-order valence-corrected chi connectivity index (χ3v) is 6.17. The SMILES string of the molecule is Brc1cccc2c1N[C@H](c1cccc3ccccc13)[C@H]1CC=C[C@@H]21. The Bertz CT molecular complexity index is 954. The van der Waals surface area contributed by atoms with E-state index in [2.05, 4.69) is 94.1 Å². The second kappa shape index (κ2) is 5.49. The van der Waals surface area contributed by atoms with Gasteiger partial charge in [0, 0.05) is 10.4 Å². The van der Waals surface area contributed by atoms with Gasteiger partial charge in [0.1, 0.15) is 0 Å². The molecule has 0 spiro atoms. The number of nitrogens with one attached hydrogen (secondary N) is 1. The molecule has 24 heavy (non-hydrogen) atoms. The molecule has 0 amide bonds. The number of benzene rings is 3. The van der Waals surface area contributed by atoms with Gasteiger partial charge in [0.2, 0.25) is 0 Å². The summed E-state index contributed by atoms with van der Waals surface area (Å²) >= 11 is 3.74. The predicted octanol–water partition coefficient (Wildman–Crippen LogP) is 6.43. The molecular weight excluding hydrogens is 358 g/mol. The largest absolute Gasteiger partial charge is 0.377 e. The molecule has 0 radical (unpaired) electrons. The first-order valence-corrected chi connectivity index (χ1v) is 9.31. The van der Waals surface area contributed by atoms with Gasteiger partial charge in [-0.3, -0.25) is 0 Å². The van der Waals surface area contributed by atoms with Crippen LogP contribution in [0, 0.1) is 5.92 Å². The lowest BCUT2D eigenvalue weighted by molar-refractivity contribution is 0.427. The molecule has 0 saturated carbocycles. The Labute approximate surface area is 150 Å². The topological polar surface area (TPSA) is 12.0 Å². The molecule has 0 fully saturated rings. The van der Waals surface area contributed by atoms with Crippen molar-refractivity contribution in [1.82, 2.24) is 0 Å². The van der Waals surface area contributed by atoms with Gasteiger partial charge in [0.15, 0.2) is 0 Å². The highest BCUT2D eigenvalue weighted by atomic mass is 79.9. The summed E-state index contributed by atoms with van der Waals surface area (Å²) < 4.78 is 1.16. The second-order valence-corrected chi connectivity index (χ2v) is 7.60.